The summed E-state index contributed by atoms with van der Waals surface area (Å²) in [5.41, 5.74) is 0. The average molecular weight is 273 g/mol. The second-order valence-corrected chi connectivity index (χ2v) is 4.70. The summed E-state index contributed by atoms with van der Waals surface area (Å²) in [4.78, 5) is 33.7. The van der Waals surface area contributed by atoms with Gasteiger partial charge in [0.25, 0.3) is 0 Å². The molecule has 0 bridgehead atoms. The standard InChI is InChI=1S/C13H23NO5/c1-4-5-8-19-13(18)12(9(2)3)14-10(15)6-7-11(16)17/h9,12H,4-8H2,1-3H3,(H,14,15)(H,16,17)/t12-/m0/s1. The van der Waals surface area contributed by atoms with E-state index in [-0.39, 0.29) is 18.8 Å². The fraction of sp³-hybridized carbons (Fsp3) is 0.769. The number of ether oxygens (including phenoxy) is 1. The molecule has 1 amide bonds. The van der Waals surface area contributed by atoms with Crippen LogP contribution in [0.2, 0.25) is 0 Å². The van der Waals surface area contributed by atoms with Crippen molar-refractivity contribution in [3.8, 4) is 0 Å². The number of nitrogens with one attached hydrogen (secondary N) is 1. The van der Waals surface area contributed by atoms with Crippen LogP contribution in [0.25, 0.3) is 0 Å². The van der Waals surface area contributed by atoms with E-state index in [0.29, 0.717) is 6.61 Å². The molecule has 0 spiro atoms. The lowest BCUT2D eigenvalue weighted by Gasteiger charge is -2.20. The Bertz CT molecular complexity index is 314. The molecule has 0 fully saturated rings. The molecular weight excluding hydrogens is 250 g/mol. The Morgan fingerprint density at radius 2 is 1.84 bits per heavy atom. The molecule has 0 radical (unpaired) electrons. The van der Waals surface area contributed by atoms with Crippen LogP contribution in [0.4, 0.5) is 0 Å². The topological polar surface area (TPSA) is 92.7 Å². The highest BCUT2D eigenvalue weighted by Crippen LogP contribution is 2.06. The van der Waals surface area contributed by atoms with Gasteiger partial charge in [-0.15, -0.1) is 0 Å². The first-order valence-corrected chi connectivity index (χ1v) is 6.56. The Balaban J connectivity index is 4.28. The maximum atomic E-state index is 11.8. The Labute approximate surface area is 113 Å². The number of hydrogen-bond donors (Lipinski definition) is 2. The molecule has 6 heteroatoms. The predicted molar refractivity (Wildman–Crippen MR) is 69.5 cm³/mol. The molecule has 0 aromatic heterocycles. The molecule has 0 aromatic rings. The van der Waals surface area contributed by atoms with Crippen molar-refractivity contribution in [1.29, 1.82) is 0 Å². The van der Waals surface area contributed by atoms with E-state index in [9.17, 15) is 14.4 Å². The average Bonchev–Trinajstić information content (AvgIpc) is 2.33. The third-order valence-corrected chi connectivity index (χ3v) is 2.55. The van der Waals surface area contributed by atoms with Crippen LogP contribution in [0.1, 0.15) is 46.5 Å². The van der Waals surface area contributed by atoms with Gasteiger partial charge < -0.3 is 15.2 Å². The predicted octanol–water partition coefficient (Wildman–Crippen LogP) is 1.34. The number of amides is 1. The van der Waals surface area contributed by atoms with Crippen LogP contribution in [0.15, 0.2) is 0 Å². The molecule has 0 unspecified atom stereocenters. The van der Waals surface area contributed by atoms with E-state index in [1.54, 1.807) is 13.8 Å². The molecule has 1 atom stereocenters. The third kappa shape index (κ3) is 8.18. The largest absolute Gasteiger partial charge is 0.481 e. The van der Waals surface area contributed by atoms with Crippen molar-refractivity contribution >= 4 is 17.8 Å². The van der Waals surface area contributed by atoms with Crippen LogP contribution in [0, 0.1) is 5.92 Å². The highest BCUT2D eigenvalue weighted by molar-refractivity contribution is 5.86. The van der Waals surface area contributed by atoms with E-state index in [2.05, 4.69) is 5.32 Å². The summed E-state index contributed by atoms with van der Waals surface area (Å²) in [5.74, 6) is -2.06. The monoisotopic (exact) mass is 273 g/mol. The number of rotatable bonds is 9. The molecule has 110 valence electrons. The molecule has 0 heterocycles. The van der Waals surface area contributed by atoms with Gasteiger partial charge in [-0.25, -0.2) is 4.79 Å². The lowest BCUT2D eigenvalue weighted by molar-refractivity contribution is -0.149. The number of carbonyl (C=O) groups excluding carboxylic acids is 2. The molecule has 0 saturated heterocycles. The second kappa shape index (κ2) is 9.35. The Hall–Kier alpha value is -1.59. The summed E-state index contributed by atoms with van der Waals surface area (Å²) >= 11 is 0. The number of esters is 1. The fourth-order valence-electron chi connectivity index (χ4n) is 1.37. The Morgan fingerprint density at radius 1 is 1.21 bits per heavy atom. The highest BCUT2D eigenvalue weighted by atomic mass is 16.5. The van der Waals surface area contributed by atoms with Gasteiger partial charge in [0.2, 0.25) is 5.91 Å². The van der Waals surface area contributed by atoms with Crippen molar-refractivity contribution in [2.45, 2.75) is 52.5 Å². The minimum Gasteiger partial charge on any atom is -0.481 e. The first kappa shape index (κ1) is 17.4. The highest BCUT2D eigenvalue weighted by Gasteiger charge is 2.25. The summed E-state index contributed by atoms with van der Waals surface area (Å²) in [6.07, 6.45) is 1.32. The van der Waals surface area contributed by atoms with Crippen LogP contribution in [-0.2, 0) is 19.1 Å². The van der Waals surface area contributed by atoms with Crippen molar-refractivity contribution in [3.05, 3.63) is 0 Å². The number of unbranched alkanes of at least 4 members (excludes halogenated alkanes) is 1. The Kier molecular flexibility index (Phi) is 8.57. The van der Waals surface area contributed by atoms with Crippen molar-refractivity contribution in [1.82, 2.24) is 5.32 Å². The van der Waals surface area contributed by atoms with E-state index in [0.717, 1.165) is 12.8 Å². The van der Waals surface area contributed by atoms with Gasteiger partial charge in [0.15, 0.2) is 0 Å². The molecule has 19 heavy (non-hydrogen) atoms. The quantitative estimate of drug-likeness (QED) is 0.488. The van der Waals surface area contributed by atoms with E-state index in [4.69, 9.17) is 9.84 Å². The first-order chi connectivity index (χ1) is 8.88. The molecule has 0 saturated carbocycles. The number of carbonyl (C=O) groups is 3. The first-order valence-electron chi connectivity index (χ1n) is 6.56. The lowest BCUT2D eigenvalue weighted by Crippen LogP contribution is -2.45. The zero-order valence-corrected chi connectivity index (χ0v) is 11.8. The maximum absolute atomic E-state index is 11.8. The number of aliphatic carboxylic acids is 1. The molecule has 0 aliphatic carbocycles. The van der Waals surface area contributed by atoms with Crippen molar-refractivity contribution in [2.75, 3.05) is 6.61 Å². The Morgan fingerprint density at radius 3 is 2.32 bits per heavy atom. The van der Waals surface area contributed by atoms with Gasteiger partial charge in [-0.2, -0.15) is 0 Å². The maximum Gasteiger partial charge on any atom is 0.328 e. The lowest BCUT2D eigenvalue weighted by atomic mass is 10.0. The zero-order chi connectivity index (χ0) is 14.8. The van der Waals surface area contributed by atoms with Gasteiger partial charge in [-0.05, 0) is 12.3 Å². The number of carboxylic acids is 1. The smallest absolute Gasteiger partial charge is 0.328 e. The van der Waals surface area contributed by atoms with Crippen molar-refractivity contribution in [2.24, 2.45) is 5.92 Å². The summed E-state index contributed by atoms with van der Waals surface area (Å²) in [6, 6.07) is -0.724. The van der Waals surface area contributed by atoms with Crippen molar-refractivity contribution in [3.63, 3.8) is 0 Å². The molecule has 0 aromatic carbocycles. The van der Waals surface area contributed by atoms with Gasteiger partial charge in [0.1, 0.15) is 6.04 Å². The molecule has 0 aliphatic rings. The van der Waals surface area contributed by atoms with Crippen LogP contribution >= 0.6 is 0 Å². The zero-order valence-electron chi connectivity index (χ0n) is 11.8. The summed E-state index contributed by atoms with van der Waals surface area (Å²) in [6.45, 7) is 5.91. The van der Waals surface area contributed by atoms with E-state index in [1.165, 1.54) is 0 Å². The minimum absolute atomic E-state index is 0.108. The molecule has 0 rings (SSSR count). The van der Waals surface area contributed by atoms with Gasteiger partial charge >= 0.3 is 11.9 Å². The summed E-state index contributed by atoms with van der Waals surface area (Å²) < 4.78 is 5.06. The van der Waals surface area contributed by atoms with Crippen LogP contribution in [0.5, 0.6) is 0 Å². The molecule has 2 N–H and O–H groups in total. The van der Waals surface area contributed by atoms with Gasteiger partial charge in [0, 0.05) is 6.42 Å². The number of carboxylic acid groups (broad SMARTS) is 1. The number of hydrogen-bond acceptors (Lipinski definition) is 4. The van der Waals surface area contributed by atoms with Gasteiger partial charge in [0.05, 0.1) is 13.0 Å². The van der Waals surface area contributed by atoms with E-state index >= 15 is 0 Å². The second-order valence-electron chi connectivity index (χ2n) is 4.70. The van der Waals surface area contributed by atoms with Crippen LogP contribution < -0.4 is 5.32 Å². The minimum atomic E-state index is -1.04. The van der Waals surface area contributed by atoms with E-state index in [1.807, 2.05) is 6.92 Å². The summed E-state index contributed by atoms with van der Waals surface area (Å²) in [5, 5.41) is 11.0. The van der Waals surface area contributed by atoms with E-state index < -0.39 is 23.9 Å². The van der Waals surface area contributed by atoms with Crippen LogP contribution in [-0.4, -0.2) is 35.6 Å². The molecule has 6 nitrogen and oxygen atoms in total. The fourth-order valence-corrected chi connectivity index (χ4v) is 1.37. The molecule has 0 aliphatic heterocycles. The van der Waals surface area contributed by atoms with Gasteiger partial charge in [-0.1, -0.05) is 27.2 Å². The molecular formula is C13H23NO5. The van der Waals surface area contributed by atoms with Crippen molar-refractivity contribution < 1.29 is 24.2 Å². The summed E-state index contributed by atoms with van der Waals surface area (Å²) in [7, 11) is 0. The third-order valence-electron chi connectivity index (χ3n) is 2.55. The van der Waals surface area contributed by atoms with Crippen LogP contribution in [0.3, 0.4) is 0 Å². The SMILES string of the molecule is CCCCOC(=O)[C@@H](NC(=O)CCC(=O)O)C(C)C. The van der Waals surface area contributed by atoms with Gasteiger partial charge in [-0.3, -0.25) is 9.59 Å². The normalized spacial score (nSPS) is 12.0.